The van der Waals surface area contributed by atoms with Crippen LogP contribution in [0.5, 0.6) is 0 Å². The van der Waals surface area contributed by atoms with Crippen molar-refractivity contribution in [1.29, 1.82) is 0 Å². The van der Waals surface area contributed by atoms with Crippen molar-refractivity contribution in [2.24, 2.45) is 0 Å². The number of rotatable bonds is 6. The predicted octanol–water partition coefficient (Wildman–Crippen LogP) is 1.93. The number of carbonyl (C=O) groups excluding carboxylic acids is 1. The van der Waals surface area contributed by atoms with Crippen molar-refractivity contribution in [3.05, 3.63) is 29.1 Å². The Morgan fingerprint density at radius 2 is 2.11 bits per heavy atom. The summed E-state index contributed by atoms with van der Waals surface area (Å²) < 4.78 is 0. The molecule has 0 spiro atoms. The lowest BCUT2D eigenvalue weighted by atomic mass is 10.1. The average Bonchev–Trinajstić information content (AvgIpc) is 2.37. The van der Waals surface area contributed by atoms with E-state index in [0.717, 1.165) is 24.1 Å². The maximum Gasteiger partial charge on any atom is 0.255 e. The smallest absolute Gasteiger partial charge is 0.255 e. The third-order valence-corrected chi connectivity index (χ3v) is 3.09. The molecule has 1 aromatic heterocycles. The molecule has 0 aliphatic rings. The molecule has 1 N–H and O–H groups in total. The Hall–Kier alpha value is -1.42. The van der Waals surface area contributed by atoms with Gasteiger partial charge in [0.1, 0.15) is 0 Å². The topological polar surface area (TPSA) is 53.4 Å². The first kappa shape index (κ1) is 14.6. The molecule has 1 amide bonds. The van der Waals surface area contributed by atoms with Crippen LogP contribution in [-0.4, -0.2) is 40.6 Å². The number of aliphatic hydroxyl groups is 1. The van der Waals surface area contributed by atoms with Crippen molar-refractivity contribution < 1.29 is 9.90 Å². The number of aryl methyl sites for hydroxylation is 2. The van der Waals surface area contributed by atoms with Crippen molar-refractivity contribution in [2.45, 2.75) is 33.6 Å². The average molecular weight is 250 g/mol. The summed E-state index contributed by atoms with van der Waals surface area (Å²) in [6.07, 6.45) is 3.20. The van der Waals surface area contributed by atoms with Crippen LogP contribution in [0.3, 0.4) is 0 Å². The fourth-order valence-corrected chi connectivity index (χ4v) is 1.76. The second-order valence-corrected chi connectivity index (χ2v) is 4.44. The molecule has 0 saturated carbocycles. The molecule has 100 valence electrons. The number of amides is 1. The van der Waals surface area contributed by atoms with Crippen LogP contribution in [0, 0.1) is 13.8 Å². The summed E-state index contributed by atoms with van der Waals surface area (Å²) in [7, 11) is 0. The molecule has 1 rings (SSSR count). The standard InChI is InChI=1S/C14H22N2O2/c1-4-16(7-5-6-8-17)14(18)13-9-11(2)12(3)15-10-13/h9-10,17H,4-8H2,1-3H3. The Kier molecular flexibility index (Phi) is 5.78. The van der Waals surface area contributed by atoms with Crippen LogP contribution in [0.1, 0.15) is 41.4 Å². The maximum absolute atomic E-state index is 12.3. The molecule has 4 nitrogen and oxygen atoms in total. The van der Waals surface area contributed by atoms with Crippen molar-refractivity contribution in [3.8, 4) is 0 Å². The molecule has 0 fully saturated rings. The molecular formula is C14H22N2O2. The molecule has 4 heteroatoms. The van der Waals surface area contributed by atoms with Gasteiger partial charge in [0.05, 0.1) is 5.56 Å². The molecule has 0 aliphatic heterocycles. The Morgan fingerprint density at radius 3 is 2.67 bits per heavy atom. The second-order valence-electron chi connectivity index (χ2n) is 4.44. The first-order valence-electron chi connectivity index (χ1n) is 6.43. The largest absolute Gasteiger partial charge is 0.396 e. The van der Waals surface area contributed by atoms with Crippen LogP contribution < -0.4 is 0 Å². The Morgan fingerprint density at radius 1 is 1.39 bits per heavy atom. The first-order chi connectivity index (χ1) is 8.60. The van der Waals surface area contributed by atoms with Gasteiger partial charge in [-0.2, -0.15) is 0 Å². The zero-order valence-electron chi connectivity index (χ0n) is 11.4. The van der Waals surface area contributed by atoms with E-state index in [1.807, 2.05) is 26.8 Å². The number of nitrogens with zero attached hydrogens (tertiary/aromatic N) is 2. The molecular weight excluding hydrogens is 228 g/mol. The number of hydrogen-bond donors (Lipinski definition) is 1. The number of aromatic nitrogens is 1. The molecule has 1 heterocycles. The molecule has 1 aromatic rings. The number of carbonyl (C=O) groups is 1. The zero-order chi connectivity index (χ0) is 13.5. The molecule has 0 aromatic carbocycles. The molecule has 18 heavy (non-hydrogen) atoms. The molecule has 0 aliphatic carbocycles. The van der Waals surface area contributed by atoms with Gasteiger partial charge in [-0.3, -0.25) is 9.78 Å². The summed E-state index contributed by atoms with van der Waals surface area (Å²) in [6.45, 7) is 7.39. The van der Waals surface area contributed by atoms with Crippen LogP contribution in [0.15, 0.2) is 12.3 Å². The highest BCUT2D eigenvalue weighted by Gasteiger charge is 2.14. The van der Waals surface area contributed by atoms with Crippen LogP contribution in [0.25, 0.3) is 0 Å². The lowest BCUT2D eigenvalue weighted by molar-refractivity contribution is 0.0758. The van der Waals surface area contributed by atoms with E-state index in [1.54, 1.807) is 11.1 Å². The van der Waals surface area contributed by atoms with Gasteiger partial charge < -0.3 is 10.0 Å². The van der Waals surface area contributed by atoms with E-state index in [2.05, 4.69) is 4.98 Å². The van der Waals surface area contributed by atoms with E-state index >= 15 is 0 Å². The van der Waals surface area contributed by atoms with Crippen molar-refractivity contribution in [1.82, 2.24) is 9.88 Å². The summed E-state index contributed by atoms with van der Waals surface area (Å²) >= 11 is 0. The van der Waals surface area contributed by atoms with Crippen molar-refractivity contribution in [2.75, 3.05) is 19.7 Å². The molecule has 0 bridgehead atoms. The van der Waals surface area contributed by atoms with Gasteiger partial charge in [-0.15, -0.1) is 0 Å². The van der Waals surface area contributed by atoms with E-state index in [-0.39, 0.29) is 12.5 Å². The number of pyridine rings is 1. The zero-order valence-corrected chi connectivity index (χ0v) is 11.4. The lowest BCUT2D eigenvalue weighted by Crippen LogP contribution is -2.32. The SMILES string of the molecule is CCN(CCCCO)C(=O)c1cnc(C)c(C)c1. The maximum atomic E-state index is 12.3. The molecule has 0 atom stereocenters. The third kappa shape index (κ3) is 3.81. The Labute approximate surface area is 109 Å². The predicted molar refractivity (Wildman–Crippen MR) is 71.6 cm³/mol. The Balaban J connectivity index is 2.73. The monoisotopic (exact) mass is 250 g/mol. The van der Waals surface area contributed by atoms with Crippen LogP contribution >= 0.6 is 0 Å². The van der Waals surface area contributed by atoms with Gasteiger partial charge in [-0.05, 0) is 45.2 Å². The highest BCUT2D eigenvalue weighted by molar-refractivity contribution is 5.94. The van der Waals surface area contributed by atoms with Crippen LogP contribution in [0.2, 0.25) is 0 Å². The van der Waals surface area contributed by atoms with Gasteiger partial charge >= 0.3 is 0 Å². The van der Waals surface area contributed by atoms with Gasteiger partial charge in [-0.25, -0.2) is 0 Å². The van der Waals surface area contributed by atoms with E-state index in [1.165, 1.54) is 0 Å². The quantitative estimate of drug-likeness (QED) is 0.785. The normalized spacial score (nSPS) is 10.4. The summed E-state index contributed by atoms with van der Waals surface area (Å²) in [6, 6.07) is 1.89. The summed E-state index contributed by atoms with van der Waals surface area (Å²) in [5.41, 5.74) is 2.63. The lowest BCUT2D eigenvalue weighted by Gasteiger charge is -2.21. The highest BCUT2D eigenvalue weighted by atomic mass is 16.3. The van der Waals surface area contributed by atoms with Gasteiger partial charge in [0.2, 0.25) is 0 Å². The summed E-state index contributed by atoms with van der Waals surface area (Å²) in [4.78, 5) is 18.3. The van der Waals surface area contributed by atoms with Crippen molar-refractivity contribution >= 4 is 5.91 Å². The molecule has 0 unspecified atom stereocenters. The second kappa shape index (κ2) is 7.11. The van der Waals surface area contributed by atoms with E-state index in [0.29, 0.717) is 18.7 Å². The fourth-order valence-electron chi connectivity index (χ4n) is 1.76. The first-order valence-corrected chi connectivity index (χ1v) is 6.43. The summed E-state index contributed by atoms with van der Waals surface area (Å²) in [5, 5.41) is 8.76. The van der Waals surface area contributed by atoms with Crippen LogP contribution in [0.4, 0.5) is 0 Å². The third-order valence-electron chi connectivity index (χ3n) is 3.09. The Bertz CT molecular complexity index is 405. The summed E-state index contributed by atoms with van der Waals surface area (Å²) in [5.74, 6) is 0.0195. The number of hydrogen-bond acceptors (Lipinski definition) is 3. The number of unbranched alkanes of at least 4 members (excludes halogenated alkanes) is 1. The molecule has 0 saturated heterocycles. The van der Waals surface area contributed by atoms with Gasteiger partial charge in [0.15, 0.2) is 0 Å². The minimum atomic E-state index is 0.0195. The van der Waals surface area contributed by atoms with Gasteiger partial charge in [0, 0.05) is 31.6 Å². The molecule has 0 radical (unpaired) electrons. The van der Waals surface area contributed by atoms with Gasteiger partial charge in [0.25, 0.3) is 5.91 Å². The highest BCUT2D eigenvalue weighted by Crippen LogP contribution is 2.10. The van der Waals surface area contributed by atoms with E-state index in [9.17, 15) is 4.79 Å². The number of aliphatic hydroxyl groups excluding tert-OH is 1. The minimum absolute atomic E-state index is 0.0195. The van der Waals surface area contributed by atoms with E-state index in [4.69, 9.17) is 5.11 Å². The van der Waals surface area contributed by atoms with Crippen LogP contribution in [-0.2, 0) is 0 Å². The minimum Gasteiger partial charge on any atom is -0.396 e. The van der Waals surface area contributed by atoms with Crippen molar-refractivity contribution in [3.63, 3.8) is 0 Å². The van der Waals surface area contributed by atoms with E-state index < -0.39 is 0 Å². The fraction of sp³-hybridized carbons (Fsp3) is 0.571. The van der Waals surface area contributed by atoms with Gasteiger partial charge in [-0.1, -0.05) is 0 Å².